The highest BCUT2D eigenvalue weighted by Crippen LogP contribution is 2.13. The summed E-state index contributed by atoms with van der Waals surface area (Å²) in [6, 6.07) is 14.9. The van der Waals surface area contributed by atoms with E-state index in [-0.39, 0.29) is 12.0 Å². The Bertz CT molecular complexity index is 875. The van der Waals surface area contributed by atoms with Crippen molar-refractivity contribution in [2.45, 2.75) is 12.5 Å². The quantitative estimate of drug-likeness (QED) is 0.362. The Balaban J connectivity index is 2.21. The van der Waals surface area contributed by atoms with Crippen LogP contribution in [0.15, 0.2) is 71.2 Å². The predicted molar refractivity (Wildman–Crippen MR) is 102 cm³/mol. The zero-order chi connectivity index (χ0) is 21.2. The molecule has 2 amide bonds. The predicted octanol–water partition coefficient (Wildman–Crippen LogP) is 2.10. The number of hydrogen-bond acceptors (Lipinski definition) is 8. The van der Waals surface area contributed by atoms with Crippen LogP contribution in [-0.2, 0) is 20.7 Å². The summed E-state index contributed by atoms with van der Waals surface area (Å²) in [7, 11) is 1.10. The van der Waals surface area contributed by atoms with Crippen LogP contribution >= 0.6 is 0 Å². The Hall–Kier alpha value is -3.95. The van der Waals surface area contributed by atoms with Gasteiger partial charge < -0.3 is 4.74 Å². The molecule has 0 N–H and O–H groups in total. The average Bonchev–Trinajstić information content (AvgIpc) is 2.77. The number of methoxy groups -OCH3 is 1. The molecular weight excluding hydrogens is 380 g/mol. The minimum absolute atomic E-state index is 0.0495. The van der Waals surface area contributed by atoms with E-state index in [1.165, 1.54) is 12.1 Å². The fourth-order valence-electron chi connectivity index (χ4n) is 2.59. The highest BCUT2D eigenvalue weighted by atomic mass is 16.5. The van der Waals surface area contributed by atoms with Crippen LogP contribution in [0.3, 0.4) is 0 Å². The first-order chi connectivity index (χ1) is 14.0. The molecule has 0 aliphatic carbocycles. The number of hydrogen-bond donors (Lipinski definition) is 0. The molecule has 29 heavy (non-hydrogen) atoms. The molecule has 150 valence electrons. The van der Waals surface area contributed by atoms with Crippen LogP contribution in [0, 0.1) is 9.81 Å². The number of rotatable bonds is 9. The van der Waals surface area contributed by atoms with Crippen LogP contribution < -0.4 is 0 Å². The summed E-state index contributed by atoms with van der Waals surface area (Å²) in [4.78, 5) is 59.5. The Morgan fingerprint density at radius 3 is 2.03 bits per heavy atom. The number of ether oxygens (including phenoxy) is 1. The molecule has 0 aromatic heterocycles. The van der Waals surface area contributed by atoms with Gasteiger partial charge in [0, 0.05) is 12.0 Å². The van der Waals surface area contributed by atoms with Gasteiger partial charge in [-0.2, -0.15) is 10.0 Å². The van der Waals surface area contributed by atoms with Gasteiger partial charge in [0.1, 0.15) is 6.54 Å². The summed E-state index contributed by atoms with van der Waals surface area (Å²) in [5, 5.41) is 5.89. The molecule has 10 heteroatoms. The second-order valence-corrected chi connectivity index (χ2v) is 5.86. The van der Waals surface area contributed by atoms with E-state index in [1.807, 2.05) is 0 Å². The number of nitrogens with zero attached hydrogens (tertiary/aromatic N) is 4. The Morgan fingerprint density at radius 1 is 0.931 bits per heavy atom. The zero-order valence-corrected chi connectivity index (χ0v) is 15.5. The fourth-order valence-corrected chi connectivity index (χ4v) is 2.59. The molecule has 10 nitrogen and oxygen atoms in total. The van der Waals surface area contributed by atoms with E-state index < -0.39 is 30.4 Å². The minimum Gasteiger partial charge on any atom is -0.467 e. The molecule has 2 rings (SSSR count). The van der Waals surface area contributed by atoms with Crippen molar-refractivity contribution in [3.63, 3.8) is 0 Å². The molecule has 1 atom stereocenters. The molecule has 2 aromatic rings. The first-order valence-electron chi connectivity index (χ1n) is 8.49. The van der Waals surface area contributed by atoms with Crippen LogP contribution in [0.4, 0.5) is 0 Å². The number of carbonyl (C=O) groups is 3. The summed E-state index contributed by atoms with van der Waals surface area (Å²) >= 11 is 0. The molecule has 0 bridgehead atoms. The lowest BCUT2D eigenvalue weighted by Gasteiger charge is -2.24. The lowest BCUT2D eigenvalue weighted by atomic mass is 10.1. The summed E-state index contributed by atoms with van der Waals surface area (Å²) in [5.74, 6) is -2.77. The highest BCUT2D eigenvalue weighted by Gasteiger charge is 2.34. The summed E-state index contributed by atoms with van der Waals surface area (Å²) in [6.45, 7) is -0.870. The van der Waals surface area contributed by atoms with Gasteiger partial charge in [-0.1, -0.05) is 48.5 Å². The fraction of sp³-hybridized carbons (Fsp3) is 0.211. The van der Waals surface area contributed by atoms with Crippen molar-refractivity contribution in [2.75, 3.05) is 13.7 Å². The maximum atomic E-state index is 12.6. The highest BCUT2D eigenvalue weighted by molar-refractivity contribution is 5.96. The van der Waals surface area contributed by atoms with Crippen LogP contribution in [0.2, 0.25) is 0 Å². The summed E-state index contributed by atoms with van der Waals surface area (Å²) in [6.07, 6.45) is -0.0495. The maximum absolute atomic E-state index is 12.6. The van der Waals surface area contributed by atoms with E-state index in [0.717, 1.165) is 7.11 Å². The molecule has 0 heterocycles. The van der Waals surface area contributed by atoms with E-state index >= 15 is 0 Å². The van der Waals surface area contributed by atoms with Gasteiger partial charge in [-0.05, 0) is 17.7 Å². The average molecular weight is 398 g/mol. The number of amides is 2. The van der Waals surface area contributed by atoms with Gasteiger partial charge in [0.15, 0.2) is 6.04 Å². The smallest absolute Gasteiger partial charge is 0.331 e. The van der Waals surface area contributed by atoms with E-state index in [0.29, 0.717) is 15.6 Å². The summed E-state index contributed by atoms with van der Waals surface area (Å²) in [5.41, 5.74) is 0.773. The number of benzene rings is 2. The third kappa shape index (κ3) is 5.51. The van der Waals surface area contributed by atoms with Crippen LogP contribution in [0.1, 0.15) is 15.9 Å². The van der Waals surface area contributed by atoms with E-state index in [9.17, 15) is 24.2 Å². The molecule has 0 aliphatic rings. The summed E-state index contributed by atoms with van der Waals surface area (Å²) < 4.78 is 4.67. The zero-order valence-electron chi connectivity index (χ0n) is 15.5. The SMILES string of the molecule is COC(=O)C(Cc1ccccc1)N(N=O)C(=O)CN(N=O)C(=O)c1ccccc1. The Morgan fingerprint density at radius 2 is 1.52 bits per heavy atom. The van der Waals surface area contributed by atoms with E-state index in [2.05, 4.69) is 15.3 Å². The largest absolute Gasteiger partial charge is 0.467 e. The monoisotopic (exact) mass is 398 g/mol. The van der Waals surface area contributed by atoms with Crippen molar-refractivity contribution in [2.24, 2.45) is 10.6 Å². The van der Waals surface area contributed by atoms with Crippen molar-refractivity contribution < 1.29 is 19.1 Å². The molecule has 0 saturated heterocycles. The molecule has 0 spiro atoms. The van der Waals surface area contributed by atoms with Gasteiger partial charge in [0.2, 0.25) is 0 Å². The third-order valence-electron chi connectivity index (χ3n) is 4.02. The Labute approximate surface area is 165 Å². The van der Waals surface area contributed by atoms with Crippen LogP contribution in [0.25, 0.3) is 0 Å². The van der Waals surface area contributed by atoms with Crippen molar-refractivity contribution in [1.82, 2.24) is 10.0 Å². The van der Waals surface area contributed by atoms with Gasteiger partial charge in [-0.3, -0.25) is 9.59 Å². The van der Waals surface area contributed by atoms with Crippen molar-refractivity contribution >= 4 is 17.8 Å². The molecular formula is C19H18N4O6. The number of nitroso groups, excluding NO2 is 2. The third-order valence-corrected chi connectivity index (χ3v) is 4.02. The molecule has 0 saturated carbocycles. The normalized spacial score (nSPS) is 11.1. The van der Waals surface area contributed by atoms with Crippen molar-refractivity contribution in [3.05, 3.63) is 81.6 Å². The van der Waals surface area contributed by atoms with Gasteiger partial charge >= 0.3 is 5.97 Å². The number of esters is 1. The molecule has 0 aliphatic heterocycles. The van der Waals surface area contributed by atoms with E-state index in [4.69, 9.17) is 0 Å². The first-order valence-corrected chi connectivity index (χ1v) is 8.49. The number of carbonyl (C=O) groups excluding carboxylic acids is 3. The van der Waals surface area contributed by atoms with Crippen LogP contribution in [0.5, 0.6) is 0 Å². The van der Waals surface area contributed by atoms with E-state index in [1.54, 1.807) is 48.5 Å². The molecule has 0 fully saturated rings. The van der Waals surface area contributed by atoms with Crippen molar-refractivity contribution in [3.8, 4) is 0 Å². The standard InChI is InChI=1S/C19H18N4O6/c1-29-19(26)16(12-14-8-4-2-5-9-14)23(21-28)17(24)13-22(20-27)18(25)15-10-6-3-7-11-15/h2-11,16H,12-13H2,1H3. The van der Waals surface area contributed by atoms with Crippen LogP contribution in [-0.4, -0.2) is 47.5 Å². The lowest BCUT2D eigenvalue weighted by Crippen LogP contribution is -2.47. The van der Waals surface area contributed by atoms with Crippen molar-refractivity contribution in [1.29, 1.82) is 0 Å². The molecule has 1 unspecified atom stereocenters. The Kier molecular flexibility index (Phi) is 7.66. The maximum Gasteiger partial charge on any atom is 0.331 e. The lowest BCUT2D eigenvalue weighted by molar-refractivity contribution is -0.153. The minimum atomic E-state index is -1.37. The van der Waals surface area contributed by atoms with Gasteiger partial charge in [0.25, 0.3) is 11.8 Å². The molecule has 2 aromatic carbocycles. The second kappa shape index (κ2) is 10.4. The topological polar surface area (TPSA) is 126 Å². The molecule has 0 radical (unpaired) electrons. The second-order valence-electron chi connectivity index (χ2n) is 5.86. The van der Waals surface area contributed by atoms with Gasteiger partial charge in [-0.25, -0.2) is 4.79 Å². The van der Waals surface area contributed by atoms with Gasteiger partial charge in [0.05, 0.1) is 17.7 Å². The van der Waals surface area contributed by atoms with Gasteiger partial charge in [-0.15, -0.1) is 9.81 Å². The first kappa shape index (κ1) is 21.4.